The summed E-state index contributed by atoms with van der Waals surface area (Å²) in [6.07, 6.45) is -0.922. The van der Waals surface area contributed by atoms with Crippen molar-refractivity contribution in [3.05, 3.63) is 45.1 Å². The highest BCUT2D eigenvalue weighted by Gasteiger charge is 2.33. The number of carbonyl (C=O) groups is 1. The van der Waals surface area contributed by atoms with Gasteiger partial charge >= 0.3 is 0 Å². The Bertz CT molecular complexity index is 707. The van der Waals surface area contributed by atoms with Crippen LogP contribution in [0.2, 0.25) is 0 Å². The van der Waals surface area contributed by atoms with E-state index in [4.69, 9.17) is 9.47 Å². The van der Waals surface area contributed by atoms with E-state index in [2.05, 4.69) is 33.4 Å². The van der Waals surface area contributed by atoms with Gasteiger partial charge in [-0.05, 0) is 47.1 Å². The van der Waals surface area contributed by atoms with Gasteiger partial charge in [0.2, 0.25) is 6.10 Å². The molecule has 0 aliphatic carbocycles. The van der Waals surface area contributed by atoms with Crippen LogP contribution >= 0.6 is 39.0 Å². The highest BCUT2D eigenvalue weighted by atomic mass is 79.9. The van der Waals surface area contributed by atoms with Crippen molar-refractivity contribution >= 4 is 44.9 Å². The lowest BCUT2D eigenvalue weighted by Gasteiger charge is -2.31. The van der Waals surface area contributed by atoms with Gasteiger partial charge in [0.05, 0.1) is 3.79 Å². The molecule has 1 amide bonds. The molecule has 1 N–H and O–H groups in total. The summed E-state index contributed by atoms with van der Waals surface area (Å²) in [5.74, 6) is 3.00. The predicted octanol–water partition coefficient (Wildman–Crippen LogP) is 4.09. The molecule has 1 aliphatic heterocycles. The second kappa shape index (κ2) is 8.27. The van der Waals surface area contributed by atoms with Gasteiger partial charge < -0.3 is 14.8 Å². The molecule has 1 aromatic carbocycles. The molecule has 0 spiro atoms. The van der Waals surface area contributed by atoms with Crippen LogP contribution in [0.4, 0.5) is 0 Å². The van der Waals surface area contributed by atoms with Gasteiger partial charge in [-0.2, -0.15) is 11.8 Å². The molecule has 0 unspecified atom stereocenters. The predicted molar refractivity (Wildman–Crippen MR) is 102 cm³/mol. The zero-order valence-electron chi connectivity index (χ0n) is 13.2. The van der Waals surface area contributed by atoms with Crippen LogP contribution in [0, 0.1) is 0 Å². The number of amides is 1. The number of para-hydroxylation sites is 2. The summed E-state index contributed by atoms with van der Waals surface area (Å²) in [5.41, 5.74) is 0. The molecule has 2 atom stereocenters. The number of carbonyl (C=O) groups excluding carboxylic acids is 1. The molecule has 1 aliphatic rings. The number of hydrogen-bond donors (Lipinski definition) is 1. The quantitative estimate of drug-likeness (QED) is 0.705. The first kappa shape index (κ1) is 17.6. The average molecular weight is 428 g/mol. The molecule has 0 fully saturated rings. The summed E-state index contributed by atoms with van der Waals surface area (Å²) in [5, 5.41) is 2.93. The molecule has 7 heteroatoms. The van der Waals surface area contributed by atoms with Crippen LogP contribution in [0.15, 0.2) is 40.2 Å². The number of thioether (sulfide) groups is 1. The van der Waals surface area contributed by atoms with E-state index in [1.165, 1.54) is 4.88 Å². The second-order valence-corrected chi connectivity index (χ2v) is 9.01. The van der Waals surface area contributed by atoms with Crippen molar-refractivity contribution in [2.75, 3.05) is 12.3 Å². The maximum Gasteiger partial charge on any atom is 0.265 e. The van der Waals surface area contributed by atoms with Crippen LogP contribution in [0.5, 0.6) is 11.5 Å². The van der Waals surface area contributed by atoms with Gasteiger partial charge in [-0.25, -0.2) is 0 Å². The van der Waals surface area contributed by atoms with Gasteiger partial charge in [-0.15, -0.1) is 11.3 Å². The smallest absolute Gasteiger partial charge is 0.265 e. The highest BCUT2D eigenvalue weighted by molar-refractivity contribution is 9.11. The van der Waals surface area contributed by atoms with Crippen LogP contribution in [-0.2, 0) is 10.5 Å². The van der Waals surface area contributed by atoms with Gasteiger partial charge in [0, 0.05) is 22.9 Å². The minimum atomic E-state index is -0.613. The Morgan fingerprint density at radius 1 is 1.25 bits per heavy atom. The topological polar surface area (TPSA) is 47.6 Å². The molecule has 0 saturated heterocycles. The summed E-state index contributed by atoms with van der Waals surface area (Å²) in [7, 11) is 0. The average Bonchev–Trinajstić information content (AvgIpc) is 2.99. The molecule has 0 bridgehead atoms. The lowest BCUT2D eigenvalue weighted by Crippen LogP contribution is -2.49. The third-order valence-electron chi connectivity index (χ3n) is 3.52. The largest absolute Gasteiger partial charge is 0.482 e. The fraction of sp³-hybridized carbons (Fsp3) is 0.353. The summed E-state index contributed by atoms with van der Waals surface area (Å²) in [6.45, 7) is 2.47. The lowest BCUT2D eigenvalue weighted by atomic mass is 10.1. The van der Waals surface area contributed by atoms with Crippen molar-refractivity contribution in [2.45, 2.75) is 24.9 Å². The molecular weight excluding hydrogens is 410 g/mol. The molecule has 128 valence electrons. The van der Waals surface area contributed by atoms with Crippen LogP contribution in [0.1, 0.15) is 11.8 Å². The van der Waals surface area contributed by atoms with E-state index in [1.807, 2.05) is 31.2 Å². The van der Waals surface area contributed by atoms with Gasteiger partial charge in [-0.3, -0.25) is 4.79 Å². The van der Waals surface area contributed by atoms with Crippen molar-refractivity contribution in [3.63, 3.8) is 0 Å². The molecule has 24 heavy (non-hydrogen) atoms. The van der Waals surface area contributed by atoms with E-state index in [-0.39, 0.29) is 12.0 Å². The number of nitrogens with one attached hydrogen (secondary N) is 1. The highest BCUT2D eigenvalue weighted by Crippen LogP contribution is 2.33. The van der Waals surface area contributed by atoms with E-state index in [9.17, 15) is 4.79 Å². The Hall–Kier alpha value is -1.18. The Kier molecular flexibility index (Phi) is 6.08. The third kappa shape index (κ3) is 4.46. The summed E-state index contributed by atoms with van der Waals surface area (Å²) < 4.78 is 12.7. The summed E-state index contributed by atoms with van der Waals surface area (Å²) >= 11 is 7.00. The number of fused-ring (bicyclic) bond motifs is 1. The van der Waals surface area contributed by atoms with E-state index < -0.39 is 6.10 Å². The van der Waals surface area contributed by atoms with E-state index in [0.29, 0.717) is 18.0 Å². The van der Waals surface area contributed by atoms with Gasteiger partial charge in [-0.1, -0.05) is 12.1 Å². The second-order valence-electron chi connectivity index (χ2n) is 5.36. The van der Waals surface area contributed by atoms with Crippen LogP contribution in [-0.4, -0.2) is 30.4 Å². The van der Waals surface area contributed by atoms with E-state index in [1.54, 1.807) is 23.1 Å². The van der Waals surface area contributed by atoms with Crippen molar-refractivity contribution in [1.82, 2.24) is 5.32 Å². The standard InChI is InChI=1S/C17H18BrNO3S2/c1-11-16(22-14-5-3-2-4-13(14)21-11)17(20)19-8-9-23-10-12-6-7-15(18)24-12/h2-7,11,16H,8-10H2,1H3,(H,19,20)/t11-,16-/m0/s1. The van der Waals surface area contributed by atoms with Gasteiger partial charge in [0.1, 0.15) is 6.10 Å². The lowest BCUT2D eigenvalue weighted by molar-refractivity contribution is -0.133. The fourth-order valence-corrected chi connectivity index (χ4v) is 4.81. The number of benzene rings is 1. The summed E-state index contributed by atoms with van der Waals surface area (Å²) in [6, 6.07) is 11.6. The molecule has 2 heterocycles. The molecule has 4 nitrogen and oxygen atoms in total. The molecule has 3 rings (SSSR count). The number of ether oxygens (including phenoxy) is 2. The fourth-order valence-electron chi connectivity index (χ4n) is 2.36. The van der Waals surface area contributed by atoms with E-state index >= 15 is 0 Å². The van der Waals surface area contributed by atoms with Crippen molar-refractivity contribution < 1.29 is 14.3 Å². The number of halogens is 1. The monoisotopic (exact) mass is 427 g/mol. The van der Waals surface area contributed by atoms with Gasteiger partial charge in [0.15, 0.2) is 11.5 Å². The van der Waals surface area contributed by atoms with Crippen molar-refractivity contribution in [1.29, 1.82) is 0 Å². The number of rotatable bonds is 6. The minimum absolute atomic E-state index is 0.128. The first-order chi connectivity index (χ1) is 11.6. The van der Waals surface area contributed by atoms with Crippen LogP contribution < -0.4 is 14.8 Å². The molecule has 2 aromatic rings. The Balaban J connectivity index is 1.42. The third-order valence-corrected chi connectivity index (χ3v) is 6.33. The number of hydrogen-bond acceptors (Lipinski definition) is 5. The zero-order valence-corrected chi connectivity index (χ0v) is 16.4. The number of thiophene rings is 1. The molecular formula is C17H18BrNO3S2. The maximum absolute atomic E-state index is 12.3. The van der Waals surface area contributed by atoms with Crippen LogP contribution in [0.25, 0.3) is 0 Å². The SMILES string of the molecule is C[C@@H]1Oc2ccccc2O[C@@H]1C(=O)NCCSCc1ccc(Br)s1. The Labute approximate surface area is 158 Å². The normalized spacial score (nSPS) is 19.1. The van der Waals surface area contributed by atoms with Crippen LogP contribution in [0.3, 0.4) is 0 Å². The molecule has 0 saturated carbocycles. The van der Waals surface area contributed by atoms with E-state index in [0.717, 1.165) is 15.3 Å². The first-order valence-electron chi connectivity index (χ1n) is 7.65. The Morgan fingerprint density at radius 2 is 2.00 bits per heavy atom. The minimum Gasteiger partial charge on any atom is -0.482 e. The Morgan fingerprint density at radius 3 is 2.71 bits per heavy atom. The van der Waals surface area contributed by atoms with Gasteiger partial charge in [0.25, 0.3) is 5.91 Å². The zero-order chi connectivity index (χ0) is 16.9. The van der Waals surface area contributed by atoms with Crippen molar-refractivity contribution in [3.8, 4) is 11.5 Å². The summed E-state index contributed by atoms with van der Waals surface area (Å²) in [4.78, 5) is 13.7. The molecule has 1 aromatic heterocycles. The first-order valence-corrected chi connectivity index (χ1v) is 10.4. The maximum atomic E-state index is 12.3. The van der Waals surface area contributed by atoms with Crippen molar-refractivity contribution in [2.24, 2.45) is 0 Å². The molecule has 0 radical (unpaired) electrons.